The van der Waals surface area contributed by atoms with Gasteiger partial charge in [-0.2, -0.15) is 0 Å². The average Bonchev–Trinajstić information content (AvgIpc) is 2.41. The van der Waals surface area contributed by atoms with Gasteiger partial charge in [-0.15, -0.1) is 12.4 Å². The summed E-state index contributed by atoms with van der Waals surface area (Å²) in [5.41, 5.74) is 6.71. The third kappa shape index (κ3) is 2.21. The molecule has 0 amide bonds. The molecule has 0 atom stereocenters. The van der Waals surface area contributed by atoms with Gasteiger partial charge in [0.05, 0.1) is 11.9 Å². The number of benzene rings is 1. The summed E-state index contributed by atoms with van der Waals surface area (Å²) >= 11 is 0. The second-order valence-electron chi connectivity index (χ2n) is 4.32. The fourth-order valence-electron chi connectivity index (χ4n) is 2.33. The largest absolute Gasteiger partial charge is 0.397 e. The minimum absolute atomic E-state index is 0. The quantitative estimate of drug-likeness (QED) is 0.822. The number of anilines is 2. The molecular formula is C13H17ClN4. The zero-order valence-electron chi connectivity index (χ0n) is 10.1. The number of aromatic nitrogens is 1. The van der Waals surface area contributed by atoms with E-state index in [0.717, 1.165) is 48.5 Å². The van der Waals surface area contributed by atoms with E-state index >= 15 is 0 Å². The molecule has 0 radical (unpaired) electrons. The van der Waals surface area contributed by atoms with Crippen LogP contribution in [0.3, 0.4) is 0 Å². The number of rotatable bonds is 1. The van der Waals surface area contributed by atoms with Crippen molar-refractivity contribution >= 4 is 34.7 Å². The van der Waals surface area contributed by atoms with Crippen molar-refractivity contribution < 1.29 is 0 Å². The van der Waals surface area contributed by atoms with Crippen molar-refractivity contribution in [3.05, 3.63) is 30.5 Å². The number of nitrogens with zero attached hydrogens (tertiary/aromatic N) is 2. The van der Waals surface area contributed by atoms with E-state index in [9.17, 15) is 0 Å². The van der Waals surface area contributed by atoms with Gasteiger partial charge in [-0.25, -0.2) is 4.98 Å². The van der Waals surface area contributed by atoms with Crippen molar-refractivity contribution in [2.24, 2.45) is 0 Å². The number of nitrogens with two attached hydrogens (primary N) is 1. The van der Waals surface area contributed by atoms with Gasteiger partial charge in [0.15, 0.2) is 0 Å². The SMILES string of the molecule is Cl.Nc1cnc(N2CCNCC2)c2ccccc12. The molecule has 5 heteroatoms. The first-order chi connectivity index (χ1) is 8.36. The molecule has 2 heterocycles. The predicted octanol–water partition coefficient (Wildman–Crippen LogP) is 1.65. The second kappa shape index (κ2) is 5.42. The van der Waals surface area contributed by atoms with Gasteiger partial charge in [0.25, 0.3) is 0 Å². The fraction of sp³-hybridized carbons (Fsp3) is 0.308. The Morgan fingerprint density at radius 1 is 1.11 bits per heavy atom. The molecule has 0 spiro atoms. The number of hydrogen-bond donors (Lipinski definition) is 2. The highest BCUT2D eigenvalue weighted by Gasteiger charge is 2.14. The van der Waals surface area contributed by atoms with Crippen molar-refractivity contribution in [3.8, 4) is 0 Å². The summed E-state index contributed by atoms with van der Waals surface area (Å²) in [5.74, 6) is 1.05. The normalized spacial score (nSPS) is 15.4. The van der Waals surface area contributed by atoms with Gasteiger partial charge in [-0.3, -0.25) is 0 Å². The summed E-state index contributed by atoms with van der Waals surface area (Å²) in [4.78, 5) is 6.82. The van der Waals surface area contributed by atoms with Crippen LogP contribution in [0.4, 0.5) is 11.5 Å². The molecule has 1 fully saturated rings. The topological polar surface area (TPSA) is 54.2 Å². The van der Waals surface area contributed by atoms with E-state index in [0.29, 0.717) is 0 Å². The molecule has 0 bridgehead atoms. The van der Waals surface area contributed by atoms with Crippen molar-refractivity contribution in [1.29, 1.82) is 0 Å². The third-order valence-electron chi connectivity index (χ3n) is 3.22. The molecule has 1 aliphatic rings. The van der Waals surface area contributed by atoms with E-state index < -0.39 is 0 Å². The second-order valence-corrected chi connectivity index (χ2v) is 4.32. The lowest BCUT2D eigenvalue weighted by Crippen LogP contribution is -2.44. The van der Waals surface area contributed by atoms with Crippen LogP contribution in [0, 0.1) is 0 Å². The number of nitrogens with one attached hydrogen (secondary N) is 1. The average molecular weight is 265 g/mol. The minimum Gasteiger partial charge on any atom is -0.397 e. The molecule has 4 nitrogen and oxygen atoms in total. The Morgan fingerprint density at radius 2 is 1.78 bits per heavy atom. The molecule has 0 unspecified atom stereocenters. The first-order valence-corrected chi connectivity index (χ1v) is 5.95. The molecule has 1 aromatic heterocycles. The molecular weight excluding hydrogens is 248 g/mol. The molecule has 18 heavy (non-hydrogen) atoms. The summed E-state index contributed by atoms with van der Waals surface area (Å²) in [6, 6.07) is 8.20. The standard InChI is InChI=1S/C13H16N4.ClH/c14-12-9-16-13(17-7-5-15-6-8-17)11-4-2-1-3-10(11)12;/h1-4,9,15H,5-8,14H2;1H. The highest BCUT2D eigenvalue weighted by molar-refractivity contribution is 5.99. The Bertz CT molecular complexity index is 538. The summed E-state index contributed by atoms with van der Waals surface area (Å²) in [6.45, 7) is 4.03. The van der Waals surface area contributed by atoms with Crippen LogP contribution in [0.15, 0.2) is 30.5 Å². The third-order valence-corrected chi connectivity index (χ3v) is 3.22. The number of hydrogen-bond acceptors (Lipinski definition) is 4. The van der Waals surface area contributed by atoms with Crippen molar-refractivity contribution in [2.75, 3.05) is 36.8 Å². The van der Waals surface area contributed by atoms with Crippen molar-refractivity contribution in [1.82, 2.24) is 10.3 Å². The van der Waals surface area contributed by atoms with Gasteiger partial charge in [0.1, 0.15) is 5.82 Å². The Labute approximate surface area is 113 Å². The van der Waals surface area contributed by atoms with Crippen LogP contribution in [0.25, 0.3) is 10.8 Å². The molecule has 1 aliphatic heterocycles. The van der Waals surface area contributed by atoms with Crippen molar-refractivity contribution in [3.63, 3.8) is 0 Å². The van der Waals surface area contributed by atoms with Crippen LogP contribution in [0.5, 0.6) is 0 Å². The first kappa shape index (κ1) is 12.9. The maximum absolute atomic E-state index is 5.96. The molecule has 2 aromatic rings. The van der Waals surface area contributed by atoms with E-state index in [1.165, 1.54) is 0 Å². The molecule has 1 saturated heterocycles. The van der Waals surface area contributed by atoms with Crippen LogP contribution >= 0.6 is 12.4 Å². The van der Waals surface area contributed by atoms with E-state index in [1.807, 2.05) is 12.1 Å². The highest BCUT2D eigenvalue weighted by Crippen LogP contribution is 2.28. The molecule has 3 N–H and O–H groups in total. The number of pyridine rings is 1. The van der Waals surface area contributed by atoms with Gasteiger partial charge in [0, 0.05) is 37.0 Å². The summed E-state index contributed by atoms with van der Waals surface area (Å²) in [6.07, 6.45) is 1.76. The number of halogens is 1. The summed E-state index contributed by atoms with van der Waals surface area (Å²) < 4.78 is 0. The van der Waals surface area contributed by atoms with Crippen LogP contribution in [-0.4, -0.2) is 31.2 Å². The van der Waals surface area contributed by atoms with Gasteiger partial charge in [0.2, 0.25) is 0 Å². The van der Waals surface area contributed by atoms with Gasteiger partial charge < -0.3 is 16.0 Å². The monoisotopic (exact) mass is 264 g/mol. The predicted molar refractivity (Wildman–Crippen MR) is 78.5 cm³/mol. The van der Waals surface area contributed by atoms with Crippen molar-refractivity contribution in [2.45, 2.75) is 0 Å². The smallest absolute Gasteiger partial charge is 0.136 e. The summed E-state index contributed by atoms with van der Waals surface area (Å²) in [5, 5.41) is 5.59. The highest BCUT2D eigenvalue weighted by atomic mass is 35.5. The molecule has 1 aromatic carbocycles. The maximum atomic E-state index is 5.96. The van der Waals surface area contributed by atoms with E-state index in [1.54, 1.807) is 6.20 Å². The maximum Gasteiger partial charge on any atom is 0.136 e. The Balaban J connectivity index is 0.00000120. The van der Waals surface area contributed by atoms with Crippen LogP contribution in [0.1, 0.15) is 0 Å². The van der Waals surface area contributed by atoms with Crippen LogP contribution < -0.4 is 16.0 Å². The molecule has 0 saturated carbocycles. The number of fused-ring (bicyclic) bond motifs is 1. The van der Waals surface area contributed by atoms with Gasteiger partial charge >= 0.3 is 0 Å². The zero-order valence-corrected chi connectivity index (χ0v) is 10.9. The number of nitrogen functional groups attached to an aromatic ring is 1. The lowest BCUT2D eigenvalue weighted by atomic mass is 10.1. The summed E-state index contributed by atoms with van der Waals surface area (Å²) in [7, 11) is 0. The molecule has 96 valence electrons. The fourth-order valence-corrected chi connectivity index (χ4v) is 2.33. The Morgan fingerprint density at radius 3 is 2.50 bits per heavy atom. The van der Waals surface area contributed by atoms with Gasteiger partial charge in [-0.05, 0) is 0 Å². The van der Waals surface area contributed by atoms with Crippen LogP contribution in [-0.2, 0) is 0 Å². The first-order valence-electron chi connectivity index (χ1n) is 5.95. The molecule has 0 aliphatic carbocycles. The Kier molecular flexibility index (Phi) is 3.89. The Hall–Kier alpha value is -1.52. The van der Waals surface area contributed by atoms with E-state index in [2.05, 4.69) is 27.3 Å². The van der Waals surface area contributed by atoms with Gasteiger partial charge in [-0.1, -0.05) is 24.3 Å². The number of piperazine rings is 1. The lowest BCUT2D eigenvalue weighted by Gasteiger charge is -2.29. The zero-order chi connectivity index (χ0) is 11.7. The van der Waals surface area contributed by atoms with Crippen LogP contribution in [0.2, 0.25) is 0 Å². The molecule has 3 rings (SSSR count). The lowest BCUT2D eigenvalue weighted by molar-refractivity contribution is 0.586. The minimum atomic E-state index is 0. The van der Waals surface area contributed by atoms with E-state index in [-0.39, 0.29) is 12.4 Å². The van der Waals surface area contributed by atoms with E-state index in [4.69, 9.17) is 5.73 Å².